The molecular formula is C23H21BrClN5O2. The highest BCUT2D eigenvalue weighted by Gasteiger charge is 2.15. The number of para-hydroxylation sites is 1. The fraction of sp³-hybridized carbons (Fsp3) is 0.174. The number of carbonyl (C=O) groups excluding carboxylic acids is 1. The first kappa shape index (κ1) is 22.1. The molecule has 0 aliphatic heterocycles. The number of aromatic nitrogens is 3. The molecule has 0 saturated heterocycles. The average molecular weight is 515 g/mol. The van der Waals surface area contributed by atoms with Gasteiger partial charge in [-0.3, -0.25) is 4.79 Å². The number of halogens is 2. The Kier molecular flexibility index (Phi) is 6.92. The van der Waals surface area contributed by atoms with Crippen LogP contribution in [0.4, 0.5) is 5.82 Å². The number of rotatable bonds is 8. The second kappa shape index (κ2) is 10.0. The number of fused-ring (bicyclic) bond motifs is 1. The summed E-state index contributed by atoms with van der Waals surface area (Å²) in [6.07, 6.45) is 1.09. The third-order valence-corrected chi connectivity index (χ3v) is 5.62. The van der Waals surface area contributed by atoms with Crippen molar-refractivity contribution in [3.05, 3.63) is 76.4 Å². The first-order chi connectivity index (χ1) is 15.5. The van der Waals surface area contributed by atoms with Crippen LogP contribution in [0.2, 0.25) is 5.02 Å². The summed E-state index contributed by atoms with van der Waals surface area (Å²) in [4.78, 5) is 17.0. The van der Waals surface area contributed by atoms with Crippen molar-refractivity contribution in [1.29, 1.82) is 0 Å². The third-order valence-electron chi connectivity index (χ3n) is 4.73. The maximum Gasteiger partial charge on any atom is 0.260 e. The van der Waals surface area contributed by atoms with Crippen LogP contribution in [0, 0.1) is 0 Å². The summed E-state index contributed by atoms with van der Waals surface area (Å²) < 4.78 is 8.13. The molecule has 164 valence electrons. The lowest BCUT2D eigenvalue weighted by Crippen LogP contribution is -2.38. The van der Waals surface area contributed by atoms with Gasteiger partial charge in [0.15, 0.2) is 11.8 Å². The predicted octanol–water partition coefficient (Wildman–Crippen LogP) is 4.81. The smallest absolute Gasteiger partial charge is 0.260 e. The largest absolute Gasteiger partial charge is 0.481 e. The van der Waals surface area contributed by atoms with Crippen molar-refractivity contribution in [2.75, 3.05) is 18.4 Å². The molecule has 0 aliphatic carbocycles. The van der Waals surface area contributed by atoms with Crippen LogP contribution in [0.25, 0.3) is 16.9 Å². The monoisotopic (exact) mass is 513 g/mol. The average Bonchev–Trinajstić information content (AvgIpc) is 3.18. The highest BCUT2D eigenvalue weighted by atomic mass is 79.9. The molecule has 0 spiro atoms. The molecule has 0 aliphatic rings. The van der Waals surface area contributed by atoms with E-state index >= 15 is 0 Å². The van der Waals surface area contributed by atoms with Crippen molar-refractivity contribution in [3.63, 3.8) is 0 Å². The normalized spacial score (nSPS) is 11.8. The van der Waals surface area contributed by atoms with Gasteiger partial charge in [0.25, 0.3) is 5.91 Å². The van der Waals surface area contributed by atoms with E-state index in [2.05, 4.69) is 36.6 Å². The van der Waals surface area contributed by atoms with Crippen LogP contribution in [-0.2, 0) is 4.79 Å². The molecule has 32 heavy (non-hydrogen) atoms. The maximum atomic E-state index is 12.3. The number of nitrogens with one attached hydrogen (secondary N) is 2. The Morgan fingerprint density at radius 3 is 2.69 bits per heavy atom. The lowest BCUT2D eigenvalue weighted by Gasteiger charge is -2.15. The molecule has 2 heterocycles. The second-order valence-electron chi connectivity index (χ2n) is 7.03. The zero-order valence-corrected chi connectivity index (χ0v) is 19.6. The summed E-state index contributed by atoms with van der Waals surface area (Å²) in [5.74, 6) is 1.20. The number of hydrogen-bond acceptors (Lipinski definition) is 5. The van der Waals surface area contributed by atoms with Gasteiger partial charge in [-0.25, -0.2) is 4.98 Å². The van der Waals surface area contributed by atoms with Crippen LogP contribution in [0.5, 0.6) is 5.75 Å². The van der Waals surface area contributed by atoms with E-state index in [-0.39, 0.29) is 5.91 Å². The highest BCUT2D eigenvalue weighted by molar-refractivity contribution is 9.10. The Labute approximate surface area is 198 Å². The van der Waals surface area contributed by atoms with E-state index in [1.807, 2.05) is 60.7 Å². The van der Waals surface area contributed by atoms with Crippen molar-refractivity contribution in [1.82, 2.24) is 19.9 Å². The number of nitrogens with zero attached hydrogens (tertiary/aromatic N) is 3. The van der Waals surface area contributed by atoms with E-state index in [1.54, 1.807) is 17.6 Å². The molecular weight excluding hydrogens is 494 g/mol. The quantitative estimate of drug-likeness (QED) is 0.330. The van der Waals surface area contributed by atoms with Gasteiger partial charge in [0.1, 0.15) is 11.6 Å². The third kappa shape index (κ3) is 5.03. The molecule has 2 N–H and O–H groups in total. The Morgan fingerprint density at radius 1 is 1.16 bits per heavy atom. The Bertz CT molecular complexity index is 1230. The van der Waals surface area contributed by atoms with Crippen molar-refractivity contribution in [2.45, 2.75) is 13.0 Å². The molecule has 0 saturated carbocycles. The van der Waals surface area contributed by atoms with Gasteiger partial charge in [-0.15, -0.1) is 0 Å². The Balaban J connectivity index is 1.42. The highest BCUT2D eigenvalue weighted by Crippen LogP contribution is 2.30. The molecule has 4 rings (SSSR count). The van der Waals surface area contributed by atoms with Gasteiger partial charge in [-0.2, -0.15) is 9.61 Å². The standard InChI is InChI=1S/C23H21BrClN5O2/c1-15(32-16-7-3-2-4-8-16)23(31)27-12-11-26-21-13-20(17-9-5-6-10-19(17)25)29-22-18(24)14-28-30(21)22/h2-10,13-15,26H,11-12H2,1H3,(H,27,31). The molecule has 2 aromatic carbocycles. The molecule has 9 heteroatoms. The van der Waals surface area contributed by atoms with E-state index in [1.165, 1.54) is 0 Å². The summed E-state index contributed by atoms with van der Waals surface area (Å²) in [5, 5.41) is 11.2. The fourth-order valence-corrected chi connectivity index (χ4v) is 3.73. The van der Waals surface area contributed by atoms with Crippen LogP contribution in [0.3, 0.4) is 0 Å². The SMILES string of the molecule is CC(Oc1ccccc1)C(=O)NCCNc1cc(-c2ccccc2Cl)nc2c(Br)cnn12. The van der Waals surface area contributed by atoms with E-state index in [4.69, 9.17) is 16.3 Å². The van der Waals surface area contributed by atoms with Gasteiger partial charge in [0.05, 0.1) is 16.4 Å². The van der Waals surface area contributed by atoms with Crippen LogP contribution >= 0.6 is 27.5 Å². The molecule has 0 bridgehead atoms. The number of carbonyl (C=O) groups is 1. The van der Waals surface area contributed by atoms with E-state index in [9.17, 15) is 4.79 Å². The molecule has 4 aromatic rings. The summed E-state index contributed by atoms with van der Waals surface area (Å²) >= 11 is 9.86. The maximum absolute atomic E-state index is 12.3. The first-order valence-corrected chi connectivity index (χ1v) is 11.2. The number of ether oxygens (including phenoxy) is 1. The minimum absolute atomic E-state index is 0.186. The van der Waals surface area contributed by atoms with Crippen molar-refractivity contribution in [3.8, 4) is 17.0 Å². The van der Waals surface area contributed by atoms with Crippen LogP contribution in [0.1, 0.15) is 6.92 Å². The van der Waals surface area contributed by atoms with Crippen molar-refractivity contribution < 1.29 is 9.53 Å². The van der Waals surface area contributed by atoms with Crippen LogP contribution in [0.15, 0.2) is 71.3 Å². The molecule has 2 aromatic heterocycles. The van der Waals surface area contributed by atoms with Gasteiger partial charge < -0.3 is 15.4 Å². The van der Waals surface area contributed by atoms with Crippen molar-refractivity contribution in [2.24, 2.45) is 0 Å². The molecule has 0 radical (unpaired) electrons. The second-order valence-corrected chi connectivity index (χ2v) is 8.29. The molecule has 0 fully saturated rings. The van der Waals surface area contributed by atoms with Gasteiger partial charge in [-0.1, -0.05) is 48.0 Å². The lowest BCUT2D eigenvalue weighted by molar-refractivity contribution is -0.127. The summed E-state index contributed by atoms with van der Waals surface area (Å²) in [7, 11) is 0. The zero-order valence-electron chi connectivity index (χ0n) is 17.3. The van der Waals surface area contributed by atoms with Crippen LogP contribution in [-0.4, -0.2) is 39.7 Å². The van der Waals surface area contributed by atoms with Gasteiger partial charge in [0, 0.05) is 29.7 Å². The first-order valence-electron chi connectivity index (χ1n) is 10.1. The number of amides is 1. The molecule has 7 nitrogen and oxygen atoms in total. The number of anilines is 1. The summed E-state index contributed by atoms with van der Waals surface area (Å²) in [6, 6.07) is 18.7. The molecule has 1 atom stereocenters. The minimum atomic E-state index is -0.598. The fourth-order valence-electron chi connectivity index (χ4n) is 3.15. The van der Waals surface area contributed by atoms with Gasteiger partial charge in [0.2, 0.25) is 0 Å². The zero-order chi connectivity index (χ0) is 22.5. The minimum Gasteiger partial charge on any atom is -0.481 e. The predicted molar refractivity (Wildman–Crippen MR) is 129 cm³/mol. The summed E-state index contributed by atoms with van der Waals surface area (Å²) in [5.41, 5.74) is 2.22. The van der Waals surface area contributed by atoms with Gasteiger partial charge in [-0.05, 0) is 41.1 Å². The number of benzene rings is 2. The van der Waals surface area contributed by atoms with Crippen molar-refractivity contribution >= 4 is 44.9 Å². The van der Waals surface area contributed by atoms with Crippen LogP contribution < -0.4 is 15.4 Å². The lowest BCUT2D eigenvalue weighted by atomic mass is 10.1. The van der Waals surface area contributed by atoms with E-state index < -0.39 is 6.10 Å². The Hall–Kier alpha value is -3.10. The van der Waals surface area contributed by atoms with Gasteiger partial charge >= 0.3 is 0 Å². The summed E-state index contributed by atoms with van der Waals surface area (Å²) in [6.45, 7) is 2.62. The topological polar surface area (TPSA) is 80.5 Å². The van der Waals surface area contributed by atoms with E-state index in [0.29, 0.717) is 29.5 Å². The molecule has 1 amide bonds. The molecule has 1 unspecified atom stereocenters. The Morgan fingerprint density at radius 2 is 1.91 bits per heavy atom. The van der Waals surface area contributed by atoms with E-state index in [0.717, 1.165) is 21.5 Å². The number of hydrogen-bond donors (Lipinski definition) is 2.